The highest BCUT2D eigenvalue weighted by atomic mass is 35.5. The molecule has 0 spiro atoms. The number of aryl methyl sites for hydroxylation is 2. The summed E-state index contributed by atoms with van der Waals surface area (Å²) in [5, 5.41) is 0. The number of terminal acetylenes is 1. The number of carbonyl (C=O) groups excluding carboxylic acids is 3. The number of hydrogen-bond acceptors (Lipinski definition) is 10. The number of amides is 3. The lowest BCUT2D eigenvalue weighted by Crippen LogP contribution is -2.45. The average Bonchev–Trinajstić information content (AvgIpc) is 4.02. The molecule has 2 aromatic heterocycles. The molecule has 0 aliphatic carbocycles. The molecular formula is C43H50Cl3FN6O7S. The van der Waals surface area contributed by atoms with Gasteiger partial charge in [0.15, 0.2) is 17.3 Å². The third-order valence-corrected chi connectivity index (χ3v) is 11.5. The largest absolute Gasteiger partial charge is 0.481 e. The van der Waals surface area contributed by atoms with E-state index in [-0.39, 0.29) is 60.7 Å². The topological polar surface area (TPSA) is 132 Å². The first-order valence-electron chi connectivity index (χ1n) is 19.6. The van der Waals surface area contributed by atoms with Gasteiger partial charge >= 0.3 is 0 Å². The second kappa shape index (κ2) is 20.6. The van der Waals surface area contributed by atoms with Crippen LogP contribution in [-0.2, 0) is 49.7 Å². The van der Waals surface area contributed by atoms with Crippen molar-refractivity contribution in [2.75, 3.05) is 49.2 Å². The smallest absolute Gasteiger partial charge is 0.265 e. The number of anilines is 2. The summed E-state index contributed by atoms with van der Waals surface area (Å²) in [6, 6.07) is 12.5. The number of para-hydroxylation sites is 1. The van der Waals surface area contributed by atoms with E-state index in [4.69, 9.17) is 59.9 Å². The fraction of sp³-hybridized carbons (Fsp3) is 0.465. The Bertz CT molecular complexity index is 2280. The molecule has 1 atom stereocenters. The summed E-state index contributed by atoms with van der Waals surface area (Å²) in [6.45, 7) is 13.4. The quantitative estimate of drug-likeness (QED) is 0.0890. The van der Waals surface area contributed by atoms with E-state index < -0.39 is 16.4 Å². The number of benzene rings is 2. The second-order valence-corrected chi connectivity index (χ2v) is 17.6. The average molecular weight is 920 g/mol. The lowest BCUT2D eigenvalue weighted by molar-refractivity contribution is -0.144. The number of methoxy groups -OCH3 is 1. The monoisotopic (exact) mass is 918 g/mol. The molecule has 0 bridgehead atoms. The first kappa shape index (κ1) is 47.6. The predicted octanol–water partition coefficient (Wildman–Crippen LogP) is 7.96. The highest BCUT2D eigenvalue weighted by Gasteiger charge is 2.45. The van der Waals surface area contributed by atoms with Crippen molar-refractivity contribution < 1.29 is 37.4 Å². The molecule has 13 nitrogen and oxygen atoms in total. The van der Waals surface area contributed by atoms with E-state index in [1.165, 1.54) is 33.5 Å². The Balaban J connectivity index is 0.000000179. The van der Waals surface area contributed by atoms with Gasteiger partial charge in [0, 0.05) is 37.7 Å². The molecule has 18 heteroatoms. The molecule has 1 saturated heterocycles. The zero-order chi connectivity index (χ0) is 44.6. The minimum absolute atomic E-state index is 0.0371. The van der Waals surface area contributed by atoms with Crippen LogP contribution in [-0.4, -0.2) is 81.5 Å². The first-order valence-corrected chi connectivity index (χ1v) is 21.7. The summed E-state index contributed by atoms with van der Waals surface area (Å²) in [5.41, 5.74) is 3.18. The zero-order valence-electron chi connectivity index (χ0n) is 35.2. The van der Waals surface area contributed by atoms with Gasteiger partial charge in [0.25, 0.3) is 11.8 Å². The molecular weight excluding hydrogens is 870 g/mol. The Kier molecular flexibility index (Phi) is 16.1. The molecule has 0 N–H and O–H groups in total. The molecule has 1 unspecified atom stereocenters. The number of nitrogens with zero attached hydrogens (tertiary/aromatic N) is 6. The summed E-state index contributed by atoms with van der Waals surface area (Å²) >= 11 is 18.1. The van der Waals surface area contributed by atoms with Crippen molar-refractivity contribution in [3.63, 3.8) is 0 Å². The fourth-order valence-corrected chi connectivity index (χ4v) is 8.34. The molecule has 61 heavy (non-hydrogen) atoms. The Hall–Kier alpha value is -4.43. The van der Waals surface area contributed by atoms with Crippen LogP contribution >= 0.6 is 46.3 Å². The van der Waals surface area contributed by atoms with Gasteiger partial charge in [0.1, 0.15) is 47.5 Å². The number of rotatable bonds is 10. The number of alkyl halides is 3. The van der Waals surface area contributed by atoms with Crippen molar-refractivity contribution in [3.05, 3.63) is 82.1 Å². The molecule has 0 saturated carbocycles. The van der Waals surface area contributed by atoms with Crippen molar-refractivity contribution >= 4 is 81.1 Å². The number of ether oxygens (including phenoxy) is 3. The molecule has 7 rings (SSSR count). The normalized spacial score (nSPS) is 17.4. The highest BCUT2D eigenvalue weighted by Crippen LogP contribution is 2.39. The van der Waals surface area contributed by atoms with Crippen LogP contribution < -0.4 is 19.3 Å². The minimum atomic E-state index is -1.08. The summed E-state index contributed by atoms with van der Waals surface area (Å²) in [6.07, 6.45) is 9.25. The Morgan fingerprint density at radius 3 is 2.44 bits per heavy atom. The maximum atomic E-state index is 14.5. The lowest BCUT2D eigenvalue weighted by Gasteiger charge is -2.29. The maximum Gasteiger partial charge on any atom is 0.265 e. The van der Waals surface area contributed by atoms with Crippen molar-refractivity contribution in [2.24, 2.45) is 10.4 Å². The second-order valence-electron chi connectivity index (χ2n) is 15.5. The fourth-order valence-electron chi connectivity index (χ4n) is 7.20. The van der Waals surface area contributed by atoms with Crippen LogP contribution in [0, 0.1) is 23.6 Å². The van der Waals surface area contributed by atoms with E-state index in [1.807, 2.05) is 28.8 Å². The van der Waals surface area contributed by atoms with Gasteiger partial charge in [-0.05, 0) is 61.4 Å². The van der Waals surface area contributed by atoms with Gasteiger partial charge in [0.05, 0.1) is 30.7 Å². The molecule has 328 valence electrons. The van der Waals surface area contributed by atoms with Crippen molar-refractivity contribution in [1.82, 2.24) is 13.8 Å². The first-order chi connectivity index (χ1) is 29.0. The van der Waals surface area contributed by atoms with Crippen LogP contribution in [0.1, 0.15) is 70.4 Å². The molecule has 1 fully saturated rings. The van der Waals surface area contributed by atoms with Gasteiger partial charge in [-0.3, -0.25) is 24.2 Å². The molecule has 5 heterocycles. The highest BCUT2D eigenvalue weighted by molar-refractivity contribution is 7.02. The van der Waals surface area contributed by atoms with E-state index in [0.717, 1.165) is 48.4 Å². The molecule has 2 aromatic carbocycles. The van der Waals surface area contributed by atoms with Crippen LogP contribution in [0.5, 0.6) is 5.75 Å². The third-order valence-electron chi connectivity index (χ3n) is 10.1. The number of aromatic nitrogens is 2. The summed E-state index contributed by atoms with van der Waals surface area (Å²) in [4.78, 5) is 44.4. The van der Waals surface area contributed by atoms with E-state index in [2.05, 4.69) is 43.0 Å². The van der Waals surface area contributed by atoms with Gasteiger partial charge in [-0.15, -0.1) is 18.0 Å². The third kappa shape index (κ3) is 11.2. The van der Waals surface area contributed by atoms with Crippen LogP contribution in [0.15, 0.2) is 58.1 Å². The standard InChI is InChI=1S/C18H17FN4O2S.C14H20ClNO2.C11H13Cl2NO3/c1-4-5-22-13-7-12(11(19)6-14(13)25-9-16(22)24)20-17-23-10-18(2,3)8-15(23)21-26-17;1-4-11-7-6-8-12(5-2)14(11)16(10-18-3)13(17)9-15;1-11(2)14(10(15)9(12)13)6-8(17-11)7-4-3-5-16-7/h1,6-7H,5,8-10H2,2-3H3;6-8H,4-5,9-10H2,1-3H3;3-5,8-9H,6H2,1-2H3. The Labute approximate surface area is 374 Å². The number of carbonyl (C=O) groups is 3. The summed E-state index contributed by atoms with van der Waals surface area (Å²) in [7, 11) is 1.58. The SMILES string of the molecule is C#CCN1C(=O)COc2cc(F)c(N=c3snc4n3CC(C)(C)C4)cc21.CC1(C)OC(c2ccco2)CN1C(=O)C(Cl)Cl.CCc1cccc(CC)c1N(COC)C(=O)CCl. The van der Waals surface area contributed by atoms with Crippen LogP contribution in [0.2, 0.25) is 0 Å². The van der Waals surface area contributed by atoms with E-state index in [0.29, 0.717) is 28.5 Å². The van der Waals surface area contributed by atoms with Crippen molar-refractivity contribution in [1.29, 1.82) is 0 Å². The number of hydrogen-bond donors (Lipinski definition) is 0. The molecule has 4 aromatic rings. The lowest BCUT2D eigenvalue weighted by atomic mass is 9.92. The van der Waals surface area contributed by atoms with Crippen LogP contribution in [0.4, 0.5) is 21.5 Å². The van der Waals surface area contributed by atoms with E-state index in [1.54, 1.807) is 38.2 Å². The summed E-state index contributed by atoms with van der Waals surface area (Å²) in [5.74, 6) is 3.09. The Morgan fingerprint density at radius 1 is 1.15 bits per heavy atom. The maximum absolute atomic E-state index is 14.5. The Morgan fingerprint density at radius 2 is 1.85 bits per heavy atom. The van der Waals surface area contributed by atoms with E-state index >= 15 is 0 Å². The number of halogens is 4. The van der Waals surface area contributed by atoms with E-state index in [9.17, 15) is 18.8 Å². The molecule has 3 amide bonds. The number of furan rings is 1. The molecule has 0 radical (unpaired) electrons. The van der Waals surface area contributed by atoms with Crippen molar-refractivity contribution in [3.8, 4) is 18.1 Å². The molecule has 3 aliphatic rings. The van der Waals surface area contributed by atoms with Crippen LogP contribution in [0.25, 0.3) is 0 Å². The van der Waals surface area contributed by atoms with Gasteiger partial charge in [-0.1, -0.05) is 75.0 Å². The van der Waals surface area contributed by atoms with Crippen molar-refractivity contribution in [2.45, 2.75) is 84.0 Å². The van der Waals surface area contributed by atoms with Gasteiger partial charge in [-0.25, -0.2) is 9.38 Å². The summed E-state index contributed by atoms with van der Waals surface area (Å²) < 4.78 is 42.5. The van der Waals surface area contributed by atoms with Gasteiger partial charge in [0.2, 0.25) is 10.7 Å². The minimum Gasteiger partial charge on any atom is -0.481 e. The zero-order valence-corrected chi connectivity index (χ0v) is 38.3. The molecule has 3 aliphatic heterocycles. The number of fused-ring (bicyclic) bond motifs is 2. The van der Waals surface area contributed by atoms with Crippen LogP contribution in [0.3, 0.4) is 0 Å². The van der Waals surface area contributed by atoms with Gasteiger partial charge < -0.3 is 28.1 Å². The van der Waals surface area contributed by atoms with Gasteiger partial charge in [-0.2, -0.15) is 4.37 Å². The predicted molar refractivity (Wildman–Crippen MR) is 235 cm³/mol.